The Kier molecular flexibility index (Phi) is 2.96. The van der Waals surface area contributed by atoms with Crippen LogP contribution in [0.3, 0.4) is 0 Å². The van der Waals surface area contributed by atoms with E-state index in [4.69, 9.17) is 10.5 Å². The van der Waals surface area contributed by atoms with Gasteiger partial charge in [-0.15, -0.1) is 0 Å². The number of anilines is 2. The summed E-state index contributed by atoms with van der Waals surface area (Å²) in [6.07, 6.45) is 1.14. The highest BCUT2D eigenvalue weighted by molar-refractivity contribution is 5.96. The second-order valence-electron chi connectivity index (χ2n) is 4.47. The Morgan fingerprint density at radius 3 is 2.88 bits per heavy atom. The van der Waals surface area contributed by atoms with Crippen LogP contribution in [-0.2, 0) is 11.2 Å². The molecule has 2 N–H and O–H groups in total. The number of benzene rings is 1. The molecular weight excluding hydrogens is 216 g/mol. The normalized spacial score (nSPS) is 19.6. The summed E-state index contributed by atoms with van der Waals surface area (Å²) in [5, 5.41) is 0. The smallest absolute Gasteiger partial charge is 0.230 e. The van der Waals surface area contributed by atoms with E-state index in [1.54, 1.807) is 18.0 Å². The minimum absolute atomic E-state index is 0.0592. The van der Waals surface area contributed by atoms with Crippen molar-refractivity contribution in [1.82, 2.24) is 0 Å². The van der Waals surface area contributed by atoms with E-state index in [0.717, 1.165) is 23.4 Å². The van der Waals surface area contributed by atoms with Gasteiger partial charge >= 0.3 is 0 Å². The zero-order valence-corrected chi connectivity index (χ0v) is 10.5. The largest absolute Gasteiger partial charge is 0.488 e. The first-order valence-corrected chi connectivity index (χ1v) is 5.88. The van der Waals surface area contributed by atoms with Gasteiger partial charge in [-0.2, -0.15) is 0 Å². The second-order valence-corrected chi connectivity index (χ2v) is 4.47. The van der Waals surface area contributed by atoms with Crippen molar-refractivity contribution in [3.05, 3.63) is 17.7 Å². The molecule has 1 heterocycles. The number of nitrogens with two attached hydrogens (primary N) is 1. The predicted octanol–water partition coefficient (Wildman–Crippen LogP) is 1.97. The number of carbonyl (C=O) groups excluding carboxylic acids is 1. The summed E-state index contributed by atoms with van der Waals surface area (Å²) >= 11 is 0. The highest BCUT2D eigenvalue weighted by atomic mass is 16.5. The summed E-state index contributed by atoms with van der Waals surface area (Å²) in [5.41, 5.74) is 8.35. The summed E-state index contributed by atoms with van der Waals surface area (Å²) in [5.74, 6) is 0.853. The van der Waals surface area contributed by atoms with Crippen molar-refractivity contribution < 1.29 is 9.53 Å². The van der Waals surface area contributed by atoms with E-state index in [2.05, 4.69) is 6.92 Å². The molecule has 1 aliphatic rings. The average Bonchev–Trinajstić information content (AvgIpc) is 2.38. The van der Waals surface area contributed by atoms with Crippen LogP contribution in [0.4, 0.5) is 11.4 Å². The number of ether oxygens (including phenoxy) is 1. The first-order chi connectivity index (χ1) is 8.02. The molecule has 0 saturated carbocycles. The summed E-state index contributed by atoms with van der Waals surface area (Å²) in [7, 11) is 1.77. The number of carbonyl (C=O) groups is 1. The van der Waals surface area contributed by atoms with Crippen molar-refractivity contribution >= 4 is 17.3 Å². The van der Waals surface area contributed by atoms with E-state index in [9.17, 15) is 4.79 Å². The molecule has 1 unspecified atom stereocenters. The molecule has 2 rings (SSSR count). The van der Waals surface area contributed by atoms with E-state index >= 15 is 0 Å². The lowest BCUT2D eigenvalue weighted by atomic mass is 10.1. The lowest BCUT2D eigenvalue weighted by Crippen LogP contribution is -2.27. The summed E-state index contributed by atoms with van der Waals surface area (Å²) in [6.45, 7) is 3.96. The highest BCUT2D eigenvalue weighted by Crippen LogP contribution is 2.37. The van der Waals surface area contributed by atoms with Gasteiger partial charge in [0.25, 0.3) is 0 Å². The molecule has 17 heavy (non-hydrogen) atoms. The monoisotopic (exact) mass is 234 g/mol. The Morgan fingerprint density at radius 1 is 1.53 bits per heavy atom. The van der Waals surface area contributed by atoms with E-state index < -0.39 is 0 Å². The standard InChI is InChI=1S/C13H18N2O2/c1-4-9-6-10(14)7-11-13(9)17-8(2)5-12(16)15(11)3/h6-8H,4-5,14H2,1-3H3. The molecule has 1 amide bonds. The molecule has 1 aromatic rings. The third-order valence-corrected chi connectivity index (χ3v) is 3.07. The number of aryl methyl sites for hydroxylation is 1. The van der Waals surface area contributed by atoms with Gasteiger partial charge < -0.3 is 15.4 Å². The molecule has 0 aromatic heterocycles. The molecule has 0 radical (unpaired) electrons. The quantitative estimate of drug-likeness (QED) is 0.756. The van der Waals surface area contributed by atoms with Crippen LogP contribution >= 0.6 is 0 Å². The van der Waals surface area contributed by atoms with Crippen molar-refractivity contribution in [2.24, 2.45) is 0 Å². The number of nitrogen functional groups attached to an aromatic ring is 1. The molecule has 0 saturated heterocycles. The second kappa shape index (κ2) is 4.28. The molecule has 0 spiro atoms. The van der Waals surface area contributed by atoms with Gasteiger partial charge in [-0.3, -0.25) is 4.79 Å². The lowest BCUT2D eigenvalue weighted by Gasteiger charge is -2.19. The van der Waals surface area contributed by atoms with Crippen molar-refractivity contribution in [3.8, 4) is 5.75 Å². The van der Waals surface area contributed by atoms with E-state index in [-0.39, 0.29) is 12.0 Å². The van der Waals surface area contributed by atoms with Gasteiger partial charge in [-0.25, -0.2) is 0 Å². The van der Waals surface area contributed by atoms with Crippen LogP contribution in [0.25, 0.3) is 0 Å². The van der Waals surface area contributed by atoms with Crippen molar-refractivity contribution in [1.29, 1.82) is 0 Å². The zero-order chi connectivity index (χ0) is 12.6. The van der Waals surface area contributed by atoms with Crippen LogP contribution in [0.2, 0.25) is 0 Å². The number of nitrogens with zero attached hydrogens (tertiary/aromatic N) is 1. The summed E-state index contributed by atoms with van der Waals surface area (Å²) in [4.78, 5) is 13.5. The zero-order valence-electron chi connectivity index (χ0n) is 10.5. The minimum atomic E-state index is -0.0971. The summed E-state index contributed by atoms with van der Waals surface area (Å²) in [6, 6.07) is 3.71. The van der Waals surface area contributed by atoms with E-state index in [1.165, 1.54) is 0 Å². The maximum absolute atomic E-state index is 11.9. The van der Waals surface area contributed by atoms with Gasteiger partial charge in [-0.05, 0) is 31.0 Å². The number of hydrogen-bond acceptors (Lipinski definition) is 3. The van der Waals surface area contributed by atoms with Gasteiger partial charge in [0.1, 0.15) is 11.9 Å². The first kappa shape index (κ1) is 11.8. The van der Waals surface area contributed by atoms with Crippen LogP contribution in [0.5, 0.6) is 5.75 Å². The van der Waals surface area contributed by atoms with E-state index in [0.29, 0.717) is 12.1 Å². The Morgan fingerprint density at radius 2 is 2.24 bits per heavy atom. The van der Waals surface area contributed by atoms with Crippen molar-refractivity contribution in [2.75, 3.05) is 17.7 Å². The molecule has 92 valence electrons. The fourth-order valence-corrected chi connectivity index (χ4v) is 2.10. The molecular formula is C13H18N2O2. The van der Waals surface area contributed by atoms with Crippen LogP contribution in [0.1, 0.15) is 25.8 Å². The Bertz CT molecular complexity index is 457. The highest BCUT2D eigenvalue weighted by Gasteiger charge is 2.26. The fraction of sp³-hybridized carbons (Fsp3) is 0.462. The number of fused-ring (bicyclic) bond motifs is 1. The molecule has 4 heteroatoms. The van der Waals surface area contributed by atoms with E-state index in [1.807, 2.05) is 13.0 Å². The van der Waals surface area contributed by atoms with Gasteiger partial charge in [0.2, 0.25) is 5.91 Å². The minimum Gasteiger partial charge on any atom is -0.488 e. The molecule has 0 bridgehead atoms. The molecule has 1 atom stereocenters. The average molecular weight is 234 g/mol. The lowest BCUT2D eigenvalue weighted by molar-refractivity contribution is -0.119. The van der Waals surface area contributed by atoms with Crippen molar-refractivity contribution in [3.63, 3.8) is 0 Å². The Labute approximate surface area is 101 Å². The summed E-state index contributed by atoms with van der Waals surface area (Å²) < 4.78 is 5.86. The maximum Gasteiger partial charge on any atom is 0.230 e. The van der Waals surface area contributed by atoms with Crippen molar-refractivity contribution in [2.45, 2.75) is 32.8 Å². The number of rotatable bonds is 1. The molecule has 0 aliphatic carbocycles. The third kappa shape index (κ3) is 2.07. The Balaban J connectivity index is 2.60. The van der Waals surface area contributed by atoms with Gasteiger partial charge in [0.05, 0.1) is 12.1 Å². The van der Waals surface area contributed by atoms with Crippen LogP contribution < -0.4 is 15.4 Å². The van der Waals surface area contributed by atoms with Gasteiger partial charge in [0, 0.05) is 12.7 Å². The number of amides is 1. The molecule has 4 nitrogen and oxygen atoms in total. The first-order valence-electron chi connectivity index (χ1n) is 5.88. The SMILES string of the molecule is CCc1cc(N)cc2c1OC(C)CC(=O)N2C. The predicted molar refractivity (Wildman–Crippen MR) is 68.3 cm³/mol. The maximum atomic E-state index is 11.9. The molecule has 0 fully saturated rings. The topological polar surface area (TPSA) is 55.6 Å². The fourth-order valence-electron chi connectivity index (χ4n) is 2.10. The number of hydrogen-bond donors (Lipinski definition) is 1. The van der Waals surface area contributed by atoms with Crippen LogP contribution in [-0.4, -0.2) is 19.1 Å². The van der Waals surface area contributed by atoms with Crippen LogP contribution in [0, 0.1) is 0 Å². The molecule has 1 aromatic carbocycles. The molecule has 1 aliphatic heterocycles. The van der Waals surface area contributed by atoms with Gasteiger partial charge in [-0.1, -0.05) is 6.92 Å². The third-order valence-electron chi connectivity index (χ3n) is 3.07. The van der Waals surface area contributed by atoms with Gasteiger partial charge in [0.15, 0.2) is 0 Å². The Hall–Kier alpha value is -1.71. The van der Waals surface area contributed by atoms with Crippen LogP contribution in [0.15, 0.2) is 12.1 Å².